The number of ether oxygens (including phenoxy) is 1. The van der Waals surface area contributed by atoms with Crippen LogP contribution >= 0.6 is 15.9 Å². The van der Waals surface area contributed by atoms with Crippen molar-refractivity contribution in [3.05, 3.63) is 27.7 Å². The van der Waals surface area contributed by atoms with Crippen LogP contribution in [0.15, 0.2) is 16.6 Å². The molecule has 0 aliphatic carbocycles. The van der Waals surface area contributed by atoms with Gasteiger partial charge in [-0.1, -0.05) is 22.9 Å². The Balaban J connectivity index is 3.07. The molecule has 1 unspecified atom stereocenters. The lowest BCUT2D eigenvalue weighted by Gasteiger charge is -2.16. The first-order valence-electron chi connectivity index (χ1n) is 5.08. The fourth-order valence-electron chi connectivity index (χ4n) is 1.43. The van der Waals surface area contributed by atoms with E-state index in [-0.39, 0.29) is 6.61 Å². The molecule has 1 rings (SSSR count). The molecule has 0 fully saturated rings. The molecule has 1 aromatic rings. The lowest BCUT2D eigenvalue weighted by molar-refractivity contribution is 0.231. The van der Waals surface area contributed by atoms with Crippen molar-refractivity contribution in [1.29, 1.82) is 5.26 Å². The zero-order valence-corrected chi connectivity index (χ0v) is 10.9. The van der Waals surface area contributed by atoms with Crippen LogP contribution in [0.25, 0.3) is 0 Å². The third-order valence-corrected chi connectivity index (χ3v) is 2.72. The van der Waals surface area contributed by atoms with Crippen LogP contribution in [0.1, 0.15) is 24.5 Å². The first-order chi connectivity index (χ1) is 7.62. The Hall–Kier alpha value is -1.05. The van der Waals surface area contributed by atoms with Gasteiger partial charge in [-0.25, -0.2) is 0 Å². The number of aliphatic hydroxyl groups excluding tert-OH is 1. The Kier molecular flexibility index (Phi) is 4.78. The molecule has 3 nitrogen and oxygen atoms in total. The first kappa shape index (κ1) is 13.0. The van der Waals surface area contributed by atoms with Crippen molar-refractivity contribution in [1.82, 2.24) is 0 Å². The monoisotopic (exact) mass is 283 g/mol. The highest BCUT2D eigenvalue weighted by Gasteiger charge is 2.13. The van der Waals surface area contributed by atoms with Crippen LogP contribution in [-0.4, -0.2) is 11.2 Å². The van der Waals surface area contributed by atoms with E-state index < -0.39 is 6.10 Å². The Morgan fingerprint density at radius 2 is 2.25 bits per heavy atom. The number of halogens is 1. The van der Waals surface area contributed by atoms with Gasteiger partial charge in [-0.3, -0.25) is 0 Å². The van der Waals surface area contributed by atoms with Gasteiger partial charge in [0.05, 0.1) is 6.61 Å². The highest BCUT2D eigenvalue weighted by Crippen LogP contribution is 2.29. The van der Waals surface area contributed by atoms with Crippen LogP contribution in [0, 0.1) is 18.3 Å². The quantitative estimate of drug-likeness (QED) is 0.924. The summed E-state index contributed by atoms with van der Waals surface area (Å²) in [7, 11) is 0. The van der Waals surface area contributed by atoms with E-state index in [1.807, 2.05) is 19.9 Å². The summed E-state index contributed by atoms with van der Waals surface area (Å²) in [6.07, 6.45) is 0.154. The van der Waals surface area contributed by atoms with Crippen LogP contribution in [0.5, 0.6) is 5.75 Å². The van der Waals surface area contributed by atoms with E-state index in [0.717, 1.165) is 10.0 Å². The SMILES string of the molecule is CCC(C#N)Oc1c(C)cc(Br)cc1CO. The minimum Gasteiger partial charge on any atom is -0.475 e. The molecule has 0 heterocycles. The third kappa shape index (κ3) is 2.97. The Morgan fingerprint density at radius 3 is 2.75 bits per heavy atom. The van der Waals surface area contributed by atoms with Crippen LogP contribution in [0.4, 0.5) is 0 Å². The number of hydrogen-bond donors (Lipinski definition) is 1. The average molecular weight is 284 g/mol. The maximum absolute atomic E-state index is 9.24. The van der Waals surface area contributed by atoms with Gasteiger partial charge in [-0.05, 0) is 31.0 Å². The predicted molar refractivity (Wildman–Crippen MR) is 65.1 cm³/mol. The van der Waals surface area contributed by atoms with Gasteiger partial charge in [0.2, 0.25) is 0 Å². The summed E-state index contributed by atoms with van der Waals surface area (Å²) >= 11 is 3.36. The molecule has 1 N–H and O–H groups in total. The summed E-state index contributed by atoms with van der Waals surface area (Å²) in [6, 6.07) is 5.78. The maximum Gasteiger partial charge on any atom is 0.184 e. The van der Waals surface area contributed by atoms with Gasteiger partial charge in [-0.2, -0.15) is 5.26 Å². The molecule has 0 aliphatic rings. The Labute approximate surface area is 104 Å². The van der Waals surface area contributed by atoms with E-state index in [2.05, 4.69) is 22.0 Å². The molecule has 0 saturated carbocycles. The van der Waals surface area contributed by atoms with Crippen molar-refractivity contribution >= 4 is 15.9 Å². The molecular formula is C12H14BrNO2. The van der Waals surface area contributed by atoms with Gasteiger partial charge in [0.25, 0.3) is 0 Å². The molecule has 0 amide bonds. The second kappa shape index (κ2) is 5.88. The summed E-state index contributed by atoms with van der Waals surface area (Å²) in [6.45, 7) is 3.68. The highest BCUT2D eigenvalue weighted by molar-refractivity contribution is 9.10. The van der Waals surface area contributed by atoms with Crippen molar-refractivity contribution < 1.29 is 9.84 Å². The molecular weight excluding hydrogens is 270 g/mol. The molecule has 0 bridgehead atoms. The zero-order valence-electron chi connectivity index (χ0n) is 9.33. The van der Waals surface area contributed by atoms with Crippen molar-refractivity contribution in [2.45, 2.75) is 33.0 Å². The lowest BCUT2D eigenvalue weighted by Crippen LogP contribution is -2.14. The van der Waals surface area contributed by atoms with Gasteiger partial charge in [0, 0.05) is 10.0 Å². The van der Waals surface area contributed by atoms with Gasteiger partial charge >= 0.3 is 0 Å². The predicted octanol–water partition coefficient (Wildman–Crippen LogP) is 2.93. The van der Waals surface area contributed by atoms with Crippen molar-refractivity contribution in [3.8, 4) is 11.8 Å². The fourth-order valence-corrected chi connectivity index (χ4v) is 2.05. The second-order valence-electron chi connectivity index (χ2n) is 3.51. The summed E-state index contributed by atoms with van der Waals surface area (Å²) in [5.41, 5.74) is 1.60. The molecule has 0 aliphatic heterocycles. The summed E-state index contributed by atoms with van der Waals surface area (Å²) < 4.78 is 6.47. The number of aliphatic hydroxyl groups is 1. The fraction of sp³-hybridized carbons (Fsp3) is 0.417. The summed E-state index contributed by atoms with van der Waals surface area (Å²) in [5, 5.41) is 18.1. The molecule has 0 saturated heterocycles. The minimum absolute atomic E-state index is 0.0997. The number of aryl methyl sites for hydroxylation is 1. The third-order valence-electron chi connectivity index (χ3n) is 2.26. The van der Waals surface area contributed by atoms with Crippen LogP contribution in [0.3, 0.4) is 0 Å². The van der Waals surface area contributed by atoms with E-state index in [1.54, 1.807) is 6.07 Å². The first-order valence-corrected chi connectivity index (χ1v) is 5.87. The molecule has 4 heteroatoms. The van der Waals surface area contributed by atoms with Crippen molar-refractivity contribution in [2.75, 3.05) is 0 Å². The summed E-state index contributed by atoms with van der Waals surface area (Å²) in [4.78, 5) is 0. The number of rotatable bonds is 4. The van der Waals surface area contributed by atoms with E-state index in [1.165, 1.54) is 0 Å². The number of benzene rings is 1. The van der Waals surface area contributed by atoms with Gasteiger partial charge in [0.1, 0.15) is 11.8 Å². The Bertz CT molecular complexity index is 412. The van der Waals surface area contributed by atoms with Gasteiger partial charge in [0.15, 0.2) is 6.10 Å². The molecule has 0 radical (unpaired) electrons. The highest BCUT2D eigenvalue weighted by atomic mass is 79.9. The number of nitrogens with zero attached hydrogens (tertiary/aromatic N) is 1. The zero-order chi connectivity index (χ0) is 12.1. The minimum atomic E-state index is -0.467. The molecule has 0 aromatic heterocycles. The van der Waals surface area contributed by atoms with Crippen LogP contribution in [-0.2, 0) is 6.61 Å². The number of hydrogen-bond acceptors (Lipinski definition) is 3. The normalized spacial score (nSPS) is 11.9. The maximum atomic E-state index is 9.24. The van der Waals surface area contributed by atoms with Crippen LogP contribution < -0.4 is 4.74 Å². The molecule has 86 valence electrons. The van der Waals surface area contributed by atoms with E-state index in [9.17, 15) is 5.11 Å². The van der Waals surface area contributed by atoms with E-state index in [0.29, 0.717) is 17.7 Å². The van der Waals surface area contributed by atoms with E-state index >= 15 is 0 Å². The summed E-state index contributed by atoms with van der Waals surface area (Å²) in [5.74, 6) is 0.610. The molecule has 1 atom stereocenters. The average Bonchev–Trinajstić information content (AvgIpc) is 2.27. The van der Waals surface area contributed by atoms with E-state index in [4.69, 9.17) is 10.00 Å². The lowest BCUT2D eigenvalue weighted by atomic mass is 10.1. The van der Waals surface area contributed by atoms with Gasteiger partial charge < -0.3 is 9.84 Å². The van der Waals surface area contributed by atoms with Crippen LogP contribution in [0.2, 0.25) is 0 Å². The molecule has 16 heavy (non-hydrogen) atoms. The second-order valence-corrected chi connectivity index (χ2v) is 4.43. The van der Waals surface area contributed by atoms with Crippen molar-refractivity contribution in [2.24, 2.45) is 0 Å². The van der Waals surface area contributed by atoms with Gasteiger partial charge in [-0.15, -0.1) is 0 Å². The topological polar surface area (TPSA) is 53.2 Å². The Morgan fingerprint density at radius 1 is 1.56 bits per heavy atom. The van der Waals surface area contributed by atoms with Crippen molar-refractivity contribution in [3.63, 3.8) is 0 Å². The smallest absolute Gasteiger partial charge is 0.184 e. The standard InChI is InChI=1S/C12H14BrNO2/c1-3-11(6-14)16-12-8(2)4-10(13)5-9(12)7-15/h4-5,11,15H,3,7H2,1-2H3. The number of nitriles is 1. The molecule has 0 spiro atoms. The molecule has 1 aromatic carbocycles. The largest absolute Gasteiger partial charge is 0.475 e.